The fraction of sp³-hybridized carbons (Fsp3) is 0.267. The third kappa shape index (κ3) is 3.94. The highest BCUT2D eigenvalue weighted by atomic mass is 16.5. The summed E-state index contributed by atoms with van der Waals surface area (Å²) in [5, 5.41) is 0. The van der Waals surface area contributed by atoms with Crippen LogP contribution in [0.5, 0.6) is 5.75 Å². The fourth-order valence-electron chi connectivity index (χ4n) is 2.01. The quantitative estimate of drug-likeness (QED) is 0.622. The van der Waals surface area contributed by atoms with Crippen LogP contribution in [0.4, 0.5) is 5.82 Å². The highest BCUT2D eigenvalue weighted by molar-refractivity contribution is 5.33. The zero-order valence-corrected chi connectivity index (χ0v) is 11.8. The van der Waals surface area contributed by atoms with E-state index in [0.29, 0.717) is 5.82 Å². The summed E-state index contributed by atoms with van der Waals surface area (Å²) in [6.45, 7) is 1.71. The molecule has 0 aliphatic rings. The van der Waals surface area contributed by atoms with Gasteiger partial charge in [0.2, 0.25) is 0 Å². The molecule has 0 unspecified atom stereocenters. The van der Waals surface area contributed by atoms with E-state index in [4.69, 9.17) is 10.6 Å². The van der Waals surface area contributed by atoms with Crippen LogP contribution >= 0.6 is 0 Å². The van der Waals surface area contributed by atoms with E-state index in [-0.39, 0.29) is 0 Å². The lowest BCUT2D eigenvalue weighted by atomic mass is 10.2. The summed E-state index contributed by atoms with van der Waals surface area (Å²) >= 11 is 0. The van der Waals surface area contributed by atoms with E-state index < -0.39 is 0 Å². The topological polar surface area (TPSA) is 63.4 Å². The van der Waals surface area contributed by atoms with Crippen molar-refractivity contribution in [2.45, 2.75) is 13.1 Å². The second-order valence-corrected chi connectivity index (χ2v) is 4.72. The maximum atomic E-state index is 5.29. The molecule has 5 heteroatoms. The van der Waals surface area contributed by atoms with Gasteiger partial charge in [-0.3, -0.25) is 4.90 Å². The Bertz CT molecular complexity index is 475. The average Bonchev–Trinajstić information content (AvgIpc) is 2.49. The number of nitrogens with two attached hydrogens (primary N) is 1. The SMILES string of the molecule is COc1ccc(CN(C)Cc2ccc(NN)nc2)cc1. The number of anilines is 1. The van der Waals surface area contributed by atoms with Crippen molar-refractivity contribution < 1.29 is 4.74 Å². The van der Waals surface area contributed by atoms with Gasteiger partial charge in [-0.15, -0.1) is 0 Å². The van der Waals surface area contributed by atoms with E-state index in [1.165, 1.54) is 5.56 Å². The second-order valence-electron chi connectivity index (χ2n) is 4.72. The summed E-state index contributed by atoms with van der Waals surface area (Å²) in [7, 11) is 3.76. The fourth-order valence-corrected chi connectivity index (χ4v) is 2.01. The van der Waals surface area contributed by atoms with Crippen molar-refractivity contribution in [2.24, 2.45) is 5.84 Å². The maximum absolute atomic E-state index is 5.29. The van der Waals surface area contributed by atoms with E-state index in [0.717, 1.165) is 24.4 Å². The molecule has 3 N–H and O–H groups in total. The number of pyridine rings is 1. The molecular formula is C15H20N4O. The Labute approximate surface area is 119 Å². The van der Waals surface area contributed by atoms with E-state index >= 15 is 0 Å². The van der Waals surface area contributed by atoms with Gasteiger partial charge in [0.05, 0.1) is 7.11 Å². The van der Waals surface area contributed by atoms with Crippen molar-refractivity contribution in [3.63, 3.8) is 0 Å². The number of nitrogen functional groups attached to an aromatic ring is 1. The third-order valence-electron chi connectivity index (χ3n) is 3.04. The molecule has 0 saturated carbocycles. The number of rotatable bonds is 6. The number of nitrogens with one attached hydrogen (secondary N) is 1. The van der Waals surface area contributed by atoms with Gasteiger partial charge in [-0.2, -0.15) is 0 Å². The normalized spacial score (nSPS) is 10.6. The molecule has 0 aliphatic heterocycles. The summed E-state index contributed by atoms with van der Waals surface area (Å²) in [5.74, 6) is 6.85. The molecule has 2 aromatic rings. The van der Waals surface area contributed by atoms with Gasteiger partial charge in [-0.25, -0.2) is 10.8 Å². The minimum Gasteiger partial charge on any atom is -0.497 e. The largest absolute Gasteiger partial charge is 0.497 e. The lowest BCUT2D eigenvalue weighted by molar-refractivity contribution is 0.318. The van der Waals surface area contributed by atoms with Crippen LogP contribution in [0.25, 0.3) is 0 Å². The van der Waals surface area contributed by atoms with Crippen LogP contribution in [0.3, 0.4) is 0 Å². The monoisotopic (exact) mass is 272 g/mol. The Morgan fingerprint density at radius 2 is 1.75 bits per heavy atom. The first-order valence-corrected chi connectivity index (χ1v) is 6.44. The van der Waals surface area contributed by atoms with Crippen molar-refractivity contribution in [1.29, 1.82) is 0 Å². The average molecular weight is 272 g/mol. The highest BCUT2D eigenvalue weighted by Gasteiger charge is 2.03. The number of nitrogens with zero attached hydrogens (tertiary/aromatic N) is 2. The van der Waals surface area contributed by atoms with Gasteiger partial charge in [0.1, 0.15) is 11.6 Å². The number of aromatic nitrogens is 1. The van der Waals surface area contributed by atoms with Crippen molar-refractivity contribution in [2.75, 3.05) is 19.6 Å². The molecule has 106 valence electrons. The first kappa shape index (κ1) is 14.3. The smallest absolute Gasteiger partial charge is 0.139 e. The second kappa shape index (κ2) is 6.88. The van der Waals surface area contributed by atoms with Crippen molar-refractivity contribution in [3.05, 3.63) is 53.7 Å². The summed E-state index contributed by atoms with van der Waals surface area (Å²) in [4.78, 5) is 6.43. The first-order chi connectivity index (χ1) is 9.71. The lowest BCUT2D eigenvalue weighted by Crippen LogP contribution is -2.17. The summed E-state index contributed by atoms with van der Waals surface area (Å²) in [5.41, 5.74) is 4.93. The number of hydrazine groups is 1. The van der Waals surface area contributed by atoms with Crippen molar-refractivity contribution >= 4 is 5.82 Å². The molecular weight excluding hydrogens is 252 g/mol. The molecule has 0 radical (unpaired) electrons. The molecule has 0 fully saturated rings. The van der Waals surface area contributed by atoms with E-state index in [2.05, 4.69) is 34.5 Å². The van der Waals surface area contributed by atoms with Crippen LogP contribution in [-0.4, -0.2) is 24.0 Å². The van der Waals surface area contributed by atoms with Gasteiger partial charge >= 0.3 is 0 Å². The minimum absolute atomic E-state index is 0.673. The molecule has 0 amide bonds. The van der Waals surface area contributed by atoms with Gasteiger partial charge in [0.25, 0.3) is 0 Å². The van der Waals surface area contributed by atoms with Gasteiger partial charge in [0, 0.05) is 19.3 Å². The third-order valence-corrected chi connectivity index (χ3v) is 3.04. The van der Waals surface area contributed by atoms with E-state index in [1.807, 2.05) is 30.5 Å². The number of benzene rings is 1. The predicted octanol–water partition coefficient (Wildman–Crippen LogP) is 2.01. The van der Waals surface area contributed by atoms with Crippen LogP contribution in [0, 0.1) is 0 Å². The predicted molar refractivity (Wildman–Crippen MR) is 80.2 cm³/mol. The van der Waals surface area contributed by atoms with Gasteiger partial charge in [-0.1, -0.05) is 18.2 Å². The highest BCUT2D eigenvalue weighted by Crippen LogP contribution is 2.14. The number of hydrogen-bond donors (Lipinski definition) is 2. The molecule has 0 atom stereocenters. The first-order valence-electron chi connectivity index (χ1n) is 6.44. The van der Waals surface area contributed by atoms with Crippen LogP contribution < -0.4 is 16.0 Å². The van der Waals surface area contributed by atoms with E-state index in [9.17, 15) is 0 Å². The number of hydrogen-bond acceptors (Lipinski definition) is 5. The molecule has 0 spiro atoms. The van der Waals surface area contributed by atoms with Crippen LogP contribution in [0.1, 0.15) is 11.1 Å². The Kier molecular flexibility index (Phi) is 4.92. The molecule has 1 aromatic heterocycles. The van der Waals surface area contributed by atoms with Crippen molar-refractivity contribution in [3.8, 4) is 5.75 Å². The van der Waals surface area contributed by atoms with Crippen LogP contribution in [0.15, 0.2) is 42.6 Å². The van der Waals surface area contributed by atoms with E-state index in [1.54, 1.807) is 7.11 Å². The Morgan fingerprint density at radius 1 is 1.10 bits per heavy atom. The number of methoxy groups -OCH3 is 1. The zero-order chi connectivity index (χ0) is 14.4. The lowest BCUT2D eigenvalue weighted by Gasteiger charge is -2.17. The molecule has 1 aromatic carbocycles. The minimum atomic E-state index is 0.673. The van der Waals surface area contributed by atoms with Gasteiger partial charge in [0.15, 0.2) is 0 Å². The maximum Gasteiger partial charge on any atom is 0.139 e. The molecule has 0 bridgehead atoms. The number of ether oxygens (including phenoxy) is 1. The molecule has 20 heavy (non-hydrogen) atoms. The molecule has 0 aliphatic carbocycles. The Morgan fingerprint density at radius 3 is 2.30 bits per heavy atom. The summed E-state index contributed by atoms with van der Waals surface area (Å²) in [6, 6.07) is 12.0. The summed E-state index contributed by atoms with van der Waals surface area (Å²) < 4.78 is 5.15. The van der Waals surface area contributed by atoms with Gasteiger partial charge < -0.3 is 10.2 Å². The molecule has 1 heterocycles. The molecule has 5 nitrogen and oxygen atoms in total. The molecule has 0 saturated heterocycles. The standard InChI is InChI=1S/C15H20N4O/c1-19(10-12-3-6-14(20-2)7-4-12)11-13-5-8-15(18-16)17-9-13/h3-9H,10-11,16H2,1-2H3,(H,17,18). The van der Waals surface area contributed by atoms with Crippen LogP contribution in [0.2, 0.25) is 0 Å². The zero-order valence-electron chi connectivity index (χ0n) is 11.8. The van der Waals surface area contributed by atoms with Crippen molar-refractivity contribution in [1.82, 2.24) is 9.88 Å². The van der Waals surface area contributed by atoms with Crippen LogP contribution in [-0.2, 0) is 13.1 Å². The summed E-state index contributed by atoms with van der Waals surface area (Å²) in [6.07, 6.45) is 1.83. The molecule has 2 rings (SSSR count). The Balaban J connectivity index is 1.91. The van der Waals surface area contributed by atoms with Gasteiger partial charge in [-0.05, 0) is 36.4 Å². The Hall–Kier alpha value is -2.11.